The zero-order valence-corrected chi connectivity index (χ0v) is 15.9. The number of hydrogen-bond donors (Lipinski definition) is 1. The third kappa shape index (κ3) is 5.11. The van der Waals surface area contributed by atoms with Crippen molar-refractivity contribution in [1.29, 1.82) is 0 Å². The van der Waals surface area contributed by atoms with E-state index in [1.165, 1.54) is 0 Å². The lowest BCUT2D eigenvalue weighted by molar-refractivity contribution is -0.115. The van der Waals surface area contributed by atoms with E-state index in [0.29, 0.717) is 18.5 Å². The monoisotopic (exact) mass is 412 g/mol. The molecule has 3 rings (SSSR count). The Bertz CT molecular complexity index is 843. The van der Waals surface area contributed by atoms with Gasteiger partial charge in [-0.3, -0.25) is 9.78 Å². The van der Waals surface area contributed by atoms with Crippen molar-refractivity contribution >= 4 is 44.8 Å². The minimum atomic E-state index is -0.0682. The normalized spacial score (nSPS) is 11.3. The van der Waals surface area contributed by atoms with Crippen molar-refractivity contribution in [3.63, 3.8) is 0 Å². The maximum atomic E-state index is 12.7. The van der Waals surface area contributed by atoms with Crippen LogP contribution in [-0.2, 0) is 11.2 Å². The standard InChI is InChI=1S/C20H17BrN2OS/c21-16-8-6-15(7-9-16)14-18(19-5-3-13-25-19)20(24)23-12-10-17-4-1-2-11-22-17/h1-9,11,13-14H,10,12H2,(H,23,24)/b18-14+. The first-order valence-corrected chi connectivity index (χ1v) is 9.59. The summed E-state index contributed by atoms with van der Waals surface area (Å²) in [7, 11) is 0. The number of halogens is 1. The number of pyridine rings is 1. The number of carbonyl (C=O) groups excluding carboxylic acids is 1. The average Bonchev–Trinajstić information content (AvgIpc) is 3.16. The smallest absolute Gasteiger partial charge is 0.252 e. The maximum Gasteiger partial charge on any atom is 0.252 e. The second-order valence-corrected chi connectivity index (χ2v) is 7.28. The molecule has 1 aromatic carbocycles. The number of carbonyl (C=O) groups is 1. The fraction of sp³-hybridized carbons (Fsp3) is 0.100. The molecule has 2 aromatic heterocycles. The molecule has 2 heterocycles. The molecule has 3 nitrogen and oxygen atoms in total. The summed E-state index contributed by atoms with van der Waals surface area (Å²) >= 11 is 4.99. The molecule has 0 aliphatic rings. The highest BCUT2D eigenvalue weighted by Gasteiger charge is 2.13. The summed E-state index contributed by atoms with van der Waals surface area (Å²) in [5, 5.41) is 4.98. The average molecular weight is 413 g/mol. The Morgan fingerprint density at radius 1 is 1.12 bits per heavy atom. The lowest BCUT2D eigenvalue weighted by Crippen LogP contribution is -2.26. The molecule has 0 unspecified atom stereocenters. The Hall–Kier alpha value is -2.24. The maximum absolute atomic E-state index is 12.7. The molecule has 0 bridgehead atoms. The summed E-state index contributed by atoms with van der Waals surface area (Å²) in [4.78, 5) is 17.9. The molecule has 1 amide bonds. The van der Waals surface area contributed by atoms with Gasteiger partial charge in [0, 0.05) is 34.2 Å². The van der Waals surface area contributed by atoms with Crippen molar-refractivity contribution in [1.82, 2.24) is 10.3 Å². The van der Waals surface area contributed by atoms with Crippen molar-refractivity contribution < 1.29 is 4.79 Å². The minimum absolute atomic E-state index is 0.0682. The van der Waals surface area contributed by atoms with Gasteiger partial charge in [-0.2, -0.15) is 0 Å². The number of nitrogens with zero attached hydrogens (tertiary/aromatic N) is 1. The van der Waals surface area contributed by atoms with Crippen LogP contribution in [0.2, 0.25) is 0 Å². The number of rotatable bonds is 6. The summed E-state index contributed by atoms with van der Waals surface area (Å²) in [5.74, 6) is -0.0682. The van der Waals surface area contributed by atoms with Gasteiger partial charge in [0.1, 0.15) is 0 Å². The Labute approximate surface area is 159 Å². The van der Waals surface area contributed by atoms with Crippen LogP contribution < -0.4 is 5.32 Å². The molecule has 3 aromatic rings. The lowest BCUT2D eigenvalue weighted by atomic mass is 10.1. The molecular formula is C20H17BrN2OS. The van der Waals surface area contributed by atoms with Crippen LogP contribution in [0.25, 0.3) is 11.6 Å². The Kier molecular flexibility index (Phi) is 6.14. The SMILES string of the molecule is O=C(NCCc1ccccn1)/C(=C/c1ccc(Br)cc1)c1cccs1. The third-order valence-electron chi connectivity index (χ3n) is 3.61. The molecule has 0 saturated carbocycles. The summed E-state index contributed by atoms with van der Waals surface area (Å²) < 4.78 is 1.02. The first-order valence-electron chi connectivity index (χ1n) is 7.91. The molecule has 0 radical (unpaired) electrons. The van der Waals surface area contributed by atoms with E-state index in [4.69, 9.17) is 0 Å². The molecular weight excluding hydrogens is 396 g/mol. The van der Waals surface area contributed by atoms with Gasteiger partial charge >= 0.3 is 0 Å². The zero-order valence-electron chi connectivity index (χ0n) is 13.5. The van der Waals surface area contributed by atoms with Gasteiger partial charge < -0.3 is 5.32 Å². The quantitative estimate of drug-likeness (QED) is 0.590. The van der Waals surface area contributed by atoms with Crippen LogP contribution in [0.15, 0.2) is 70.6 Å². The van der Waals surface area contributed by atoms with E-state index in [9.17, 15) is 4.79 Å². The summed E-state index contributed by atoms with van der Waals surface area (Å²) in [6.45, 7) is 0.554. The number of nitrogens with one attached hydrogen (secondary N) is 1. The van der Waals surface area contributed by atoms with E-state index in [1.54, 1.807) is 17.5 Å². The molecule has 0 fully saturated rings. The molecule has 126 valence electrons. The van der Waals surface area contributed by atoms with Gasteiger partial charge in [0.25, 0.3) is 5.91 Å². The Morgan fingerprint density at radius 3 is 2.64 bits per heavy atom. The van der Waals surface area contributed by atoms with E-state index in [-0.39, 0.29) is 5.91 Å². The summed E-state index contributed by atoms with van der Waals surface area (Å²) in [6, 6.07) is 17.6. The van der Waals surface area contributed by atoms with Crippen molar-refractivity contribution in [3.8, 4) is 0 Å². The van der Waals surface area contributed by atoms with Crippen molar-refractivity contribution in [2.24, 2.45) is 0 Å². The number of aromatic nitrogens is 1. The van der Waals surface area contributed by atoms with Crippen LogP contribution in [0, 0.1) is 0 Å². The lowest BCUT2D eigenvalue weighted by Gasteiger charge is -2.08. The van der Waals surface area contributed by atoms with E-state index < -0.39 is 0 Å². The van der Waals surface area contributed by atoms with Gasteiger partial charge in [-0.25, -0.2) is 0 Å². The zero-order chi connectivity index (χ0) is 17.5. The van der Waals surface area contributed by atoms with Gasteiger partial charge in [-0.15, -0.1) is 11.3 Å². The first kappa shape index (κ1) is 17.6. The van der Waals surface area contributed by atoms with Crippen LogP contribution in [0.1, 0.15) is 16.1 Å². The first-order chi connectivity index (χ1) is 12.2. The van der Waals surface area contributed by atoms with Crippen LogP contribution in [0.4, 0.5) is 0 Å². The predicted octanol–water partition coefficient (Wildman–Crippen LogP) is 4.81. The second-order valence-electron chi connectivity index (χ2n) is 5.41. The van der Waals surface area contributed by atoms with Gasteiger partial charge in [0.15, 0.2) is 0 Å². The molecule has 0 saturated heterocycles. The molecule has 0 aliphatic carbocycles. The van der Waals surface area contributed by atoms with Gasteiger partial charge in [0.2, 0.25) is 0 Å². The van der Waals surface area contributed by atoms with Gasteiger partial charge in [0.05, 0.1) is 5.57 Å². The molecule has 5 heteroatoms. The van der Waals surface area contributed by atoms with E-state index in [2.05, 4.69) is 26.2 Å². The topological polar surface area (TPSA) is 42.0 Å². The number of hydrogen-bond acceptors (Lipinski definition) is 3. The van der Waals surface area contributed by atoms with E-state index in [0.717, 1.165) is 20.6 Å². The fourth-order valence-corrected chi connectivity index (χ4v) is 3.36. The van der Waals surface area contributed by atoms with Crippen LogP contribution in [-0.4, -0.2) is 17.4 Å². The Morgan fingerprint density at radius 2 is 1.96 bits per heavy atom. The predicted molar refractivity (Wildman–Crippen MR) is 107 cm³/mol. The van der Waals surface area contributed by atoms with Crippen LogP contribution in [0.3, 0.4) is 0 Å². The highest BCUT2D eigenvalue weighted by molar-refractivity contribution is 9.10. The van der Waals surface area contributed by atoms with Crippen molar-refractivity contribution in [2.75, 3.05) is 6.54 Å². The number of thiophene rings is 1. The molecule has 0 atom stereocenters. The van der Waals surface area contributed by atoms with E-state index in [1.807, 2.05) is 66.1 Å². The second kappa shape index (κ2) is 8.74. The van der Waals surface area contributed by atoms with Gasteiger partial charge in [-0.05, 0) is 47.4 Å². The summed E-state index contributed by atoms with van der Waals surface area (Å²) in [5.41, 5.74) is 2.64. The van der Waals surface area contributed by atoms with Crippen molar-refractivity contribution in [3.05, 3.63) is 86.8 Å². The number of benzene rings is 1. The highest BCUT2D eigenvalue weighted by atomic mass is 79.9. The highest BCUT2D eigenvalue weighted by Crippen LogP contribution is 2.24. The van der Waals surface area contributed by atoms with Gasteiger partial charge in [-0.1, -0.05) is 40.2 Å². The number of amides is 1. The van der Waals surface area contributed by atoms with Crippen molar-refractivity contribution in [2.45, 2.75) is 6.42 Å². The molecule has 1 N–H and O–H groups in total. The largest absolute Gasteiger partial charge is 0.352 e. The Balaban J connectivity index is 1.73. The van der Waals surface area contributed by atoms with E-state index >= 15 is 0 Å². The minimum Gasteiger partial charge on any atom is -0.352 e. The molecule has 25 heavy (non-hydrogen) atoms. The van der Waals surface area contributed by atoms with Crippen LogP contribution >= 0.6 is 27.3 Å². The molecule has 0 aliphatic heterocycles. The summed E-state index contributed by atoms with van der Waals surface area (Å²) in [6.07, 6.45) is 4.40. The van der Waals surface area contributed by atoms with Crippen LogP contribution in [0.5, 0.6) is 0 Å². The molecule has 0 spiro atoms. The fourth-order valence-electron chi connectivity index (χ4n) is 2.35. The third-order valence-corrected chi connectivity index (χ3v) is 5.04.